The molecule has 0 atom stereocenters. The molecular formula is C12H8FN3O. The lowest BCUT2D eigenvalue weighted by Crippen LogP contribution is -2.14. The van der Waals surface area contributed by atoms with Crippen molar-refractivity contribution in [2.75, 3.05) is 0 Å². The highest BCUT2D eigenvalue weighted by atomic mass is 19.1. The van der Waals surface area contributed by atoms with Crippen LogP contribution in [0.15, 0.2) is 47.4 Å². The molecular weight excluding hydrogens is 221 g/mol. The van der Waals surface area contributed by atoms with Crippen LogP contribution in [0.2, 0.25) is 0 Å². The number of fused-ring (bicyclic) bond motifs is 1. The van der Waals surface area contributed by atoms with Crippen LogP contribution in [0.3, 0.4) is 0 Å². The number of imidazole rings is 1. The van der Waals surface area contributed by atoms with Crippen molar-refractivity contribution in [1.82, 2.24) is 14.5 Å². The smallest absolute Gasteiger partial charge is 0.290 e. The highest BCUT2D eigenvalue weighted by Gasteiger charge is 2.08. The van der Waals surface area contributed by atoms with E-state index >= 15 is 0 Å². The minimum Gasteiger partial charge on any atom is -0.290 e. The van der Waals surface area contributed by atoms with Crippen LogP contribution in [0.5, 0.6) is 0 Å². The van der Waals surface area contributed by atoms with Gasteiger partial charge >= 0.3 is 5.69 Å². The lowest BCUT2D eigenvalue weighted by Gasteiger charge is -2.02. The van der Waals surface area contributed by atoms with Crippen molar-refractivity contribution in [3.05, 3.63) is 58.9 Å². The number of aromatic nitrogens is 3. The molecule has 0 aliphatic rings. The Balaban J connectivity index is 2.37. The molecule has 5 heteroatoms. The number of hydrogen-bond acceptors (Lipinski definition) is 2. The van der Waals surface area contributed by atoms with Crippen LogP contribution in [-0.4, -0.2) is 14.5 Å². The average Bonchev–Trinajstić information content (AvgIpc) is 2.64. The first-order chi connectivity index (χ1) is 8.25. The van der Waals surface area contributed by atoms with Gasteiger partial charge < -0.3 is 0 Å². The van der Waals surface area contributed by atoms with Crippen LogP contribution in [-0.2, 0) is 0 Å². The third-order valence-electron chi connectivity index (χ3n) is 2.52. The van der Waals surface area contributed by atoms with E-state index in [1.165, 1.54) is 16.7 Å². The minimum atomic E-state index is -0.382. The maximum absolute atomic E-state index is 13.1. The largest absolute Gasteiger partial charge is 0.332 e. The number of H-pyrrole nitrogens is 1. The third kappa shape index (κ3) is 1.52. The fraction of sp³-hybridized carbons (Fsp3) is 0. The van der Waals surface area contributed by atoms with Gasteiger partial charge in [0.25, 0.3) is 0 Å². The lowest BCUT2D eigenvalue weighted by atomic mass is 10.3. The number of aromatic amines is 1. The molecule has 0 saturated heterocycles. The van der Waals surface area contributed by atoms with Gasteiger partial charge in [-0.1, -0.05) is 6.07 Å². The summed E-state index contributed by atoms with van der Waals surface area (Å²) in [6.45, 7) is 0. The van der Waals surface area contributed by atoms with Crippen LogP contribution in [0, 0.1) is 5.82 Å². The Morgan fingerprint density at radius 1 is 1.24 bits per heavy atom. The van der Waals surface area contributed by atoms with Crippen molar-refractivity contribution < 1.29 is 4.39 Å². The molecule has 0 unspecified atom stereocenters. The summed E-state index contributed by atoms with van der Waals surface area (Å²) in [5.74, 6) is -0.382. The predicted molar refractivity (Wildman–Crippen MR) is 61.6 cm³/mol. The molecule has 1 aromatic carbocycles. The van der Waals surface area contributed by atoms with Gasteiger partial charge in [0.2, 0.25) is 0 Å². The molecule has 1 N–H and O–H groups in total. The fourth-order valence-electron chi connectivity index (χ4n) is 1.81. The molecule has 0 aliphatic heterocycles. The van der Waals surface area contributed by atoms with E-state index in [4.69, 9.17) is 0 Å². The predicted octanol–water partition coefficient (Wildman–Crippen LogP) is 1.85. The summed E-state index contributed by atoms with van der Waals surface area (Å²) in [6, 6.07) is 9.36. The Labute approximate surface area is 95.4 Å². The monoisotopic (exact) mass is 229 g/mol. The number of halogens is 1. The molecule has 0 radical (unpaired) electrons. The first-order valence-electron chi connectivity index (χ1n) is 5.07. The molecule has 0 saturated carbocycles. The summed E-state index contributed by atoms with van der Waals surface area (Å²) < 4.78 is 14.5. The van der Waals surface area contributed by atoms with E-state index in [1.807, 2.05) is 0 Å². The van der Waals surface area contributed by atoms with Crippen LogP contribution < -0.4 is 5.69 Å². The highest BCUT2D eigenvalue weighted by Crippen LogP contribution is 2.14. The Morgan fingerprint density at radius 2 is 2.12 bits per heavy atom. The van der Waals surface area contributed by atoms with Crippen molar-refractivity contribution in [3.8, 4) is 5.69 Å². The Hall–Kier alpha value is -2.43. The van der Waals surface area contributed by atoms with E-state index in [1.54, 1.807) is 30.5 Å². The number of rotatable bonds is 1. The van der Waals surface area contributed by atoms with Crippen LogP contribution >= 0.6 is 0 Å². The molecule has 2 heterocycles. The first-order valence-corrected chi connectivity index (χ1v) is 5.07. The number of benzene rings is 1. The maximum atomic E-state index is 13.1. The van der Waals surface area contributed by atoms with E-state index in [-0.39, 0.29) is 11.5 Å². The van der Waals surface area contributed by atoms with Gasteiger partial charge in [-0.05, 0) is 30.3 Å². The molecule has 84 valence electrons. The summed E-state index contributed by atoms with van der Waals surface area (Å²) in [5, 5.41) is 0. The zero-order valence-electron chi connectivity index (χ0n) is 8.72. The molecule has 0 fully saturated rings. The summed E-state index contributed by atoms with van der Waals surface area (Å²) in [4.78, 5) is 18.5. The van der Waals surface area contributed by atoms with Gasteiger partial charge in [0, 0.05) is 6.20 Å². The Bertz CT molecular complexity index is 745. The number of pyridine rings is 1. The van der Waals surface area contributed by atoms with Gasteiger partial charge in [-0.15, -0.1) is 0 Å². The summed E-state index contributed by atoms with van der Waals surface area (Å²) in [6.07, 6.45) is 1.59. The SMILES string of the molecule is O=c1[nH]c2ncccc2n1-c1cccc(F)c1. The van der Waals surface area contributed by atoms with E-state index in [0.29, 0.717) is 16.9 Å². The van der Waals surface area contributed by atoms with E-state index in [9.17, 15) is 9.18 Å². The zero-order chi connectivity index (χ0) is 11.8. The molecule has 0 spiro atoms. The summed E-state index contributed by atoms with van der Waals surface area (Å²) >= 11 is 0. The summed E-state index contributed by atoms with van der Waals surface area (Å²) in [5.41, 5.74) is 1.27. The number of nitrogens with zero attached hydrogens (tertiary/aromatic N) is 2. The molecule has 0 amide bonds. The van der Waals surface area contributed by atoms with Gasteiger partial charge in [-0.2, -0.15) is 0 Å². The number of hydrogen-bond donors (Lipinski definition) is 1. The minimum absolute atomic E-state index is 0.329. The Morgan fingerprint density at radius 3 is 2.94 bits per heavy atom. The summed E-state index contributed by atoms with van der Waals surface area (Å²) in [7, 11) is 0. The highest BCUT2D eigenvalue weighted by molar-refractivity contribution is 5.72. The van der Waals surface area contributed by atoms with Crippen molar-refractivity contribution in [2.45, 2.75) is 0 Å². The van der Waals surface area contributed by atoms with E-state index in [2.05, 4.69) is 9.97 Å². The van der Waals surface area contributed by atoms with E-state index < -0.39 is 0 Å². The van der Waals surface area contributed by atoms with Crippen molar-refractivity contribution in [2.24, 2.45) is 0 Å². The topological polar surface area (TPSA) is 50.7 Å². The van der Waals surface area contributed by atoms with Crippen LogP contribution in [0.4, 0.5) is 4.39 Å². The molecule has 0 bridgehead atoms. The van der Waals surface area contributed by atoms with Crippen LogP contribution in [0.1, 0.15) is 0 Å². The molecule has 17 heavy (non-hydrogen) atoms. The molecule has 4 nitrogen and oxygen atoms in total. The molecule has 2 aromatic heterocycles. The molecule has 3 aromatic rings. The van der Waals surface area contributed by atoms with Gasteiger partial charge in [0.05, 0.1) is 11.2 Å². The maximum Gasteiger partial charge on any atom is 0.332 e. The Kier molecular flexibility index (Phi) is 2.04. The quantitative estimate of drug-likeness (QED) is 0.692. The molecule has 0 aliphatic carbocycles. The van der Waals surface area contributed by atoms with E-state index in [0.717, 1.165) is 0 Å². The average molecular weight is 229 g/mol. The van der Waals surface area contributed by atoms with Crippen molar-refractivity contribution >= 4 is 11.2 Å². The normalized spacial score (nSPS) is 10.9. The lowest BCUT2D eigenvalue weighted by molar-refractivity contribution is 0.626. The zero-order valence-corrected chi connectivity index (χ0v) is 8.72. The number of nitrogens with one attached hydrogen (secondary N) is 1. The second-order valence-electron chi connectivity index (χ2n) is 3.62. The standard InChI is InChI=1S/C12H8FN3O/c13-8-3-1-4-9(7-8)16-10-5-2-6-14-11(10)15-12(16)17/h1-7H,(H,14,15,17). The van der Waals surface area contributed by atoms with Crippen molar-refractivity contribution in [3.63, 3.8) is 0 Å². The van der Waals surface area contributed by atoms with Gasteiger partial charge in [0.1, 0.15) is 5.82 Å². The van der Waals surface area contributed by atoms with Gasteiger partial charge in [-0.3, -0.25) is 9.55 Å². The fourth-order valence-corrected chi connectivity index (χ4v) is 1.81. The third-order valence-corrected chi connectivity index (χ3v) is 2.52. The second kappa shape index (κ2) is 3.55. The van der Waals surface area contributed by atoms with Gasteiger partial charge in [0.15, 0.2) is 5.65 Å². The molecule has 3 rings (SSSR count). The second-order valence-corrected chi connectivity index (χ2v) is 3.62. The van der Waals surface area contributed by atoms with Crippen molar-refractivity contribution in [1.29, 1.82) is 0 Å². The van der Waals surface area contributed by atoms with Crippen LogP contribution in [0.25, 0.3) is 16.9 Å². The van der Waals surface area contributed by atoms with Gasteiger partial charge in [-0.25, -0.2) is 14.2 Å². The first kappa shape index (κ1) is 9.77.